The SMILES string of the molecule is CC1CCC(C(=O)N[C@H](C)C(=O)OC(C)(C)C)CC1. The highest BCUT2D eigenvalue weighted by Gasteiger charge is 2.28. The Morgan fingerprint density at radius 1 is 1.16 bits per heavy atom. The van der Waals surface area contributed by atoms with Gasteiger partial charge < -0.3 is 10.1 Å². The number of esters is 1. The standard InChI is InChI=1S/C15H27NO3/c1-10-6-8-12(9-7-10)13(17)16-11(2)14(18)19-15(3,4)5/h10-12H,6-9H2,1-5H3,(H,16,17)/t10?,11-,12?/m1/s1. The second kappa shape index (κ2) is 6.40. The minimum atomic E-state index is -0.578. The molecule has 0 aromatic heterocycles. The average Bonchev–Trinajstić information content (AvgIpc) is 2.27. The van der Waals surface area contributed by atoms with Gasteiger partial charge in [0.1, 0.15) is 11.6 Å². The van der Waals surface area contributed by atoms with E-state index in [4.69, 9.17) is 4.74 Å². The van der Waals surface area contributed by atoms with Gasteiger partial charge in [0.2, 0.25) is 5.91 Å². The third-order valence-corrected chi connectivity index (χ3v) is 3.51. The first kappa shape index (κ1) is 16.0. The molecular formula is C15H27NO3. The lowest BCUT2D eigenvalue weighted by Gasteiger charge is -2.27. The van der Waals surface area contributed by atoms with Gasteiger partial charge in [-0.05, 0) is 59.3 Å². The molecule has 4 heteroatoms. The highest BCUT2D eigenvalue weighted by Crippen LogP contribution is 2.28. The van der Waals surface area contributed by atoms with Crippen LogP contribution in [0.2, 0.25) is 0 Å². The van der Waals surface area contributed by atoms with Crippen LogP contribution in [0.4, 0.5) is 0 Å². The molecule has 1 fully saturated rings. The Morgan fingerprint density at radius 3 is 2.16 bits per heavy atom. The van der Waals surface area contributed by atoms with Crippen molar-refractivity contribution in [3.05, 3.63) is 0 Å². The van der Waals surface area contributed by atoms with Crippen LogP contribution < -0.4 is 5.32 Å². The van der Waals surface area contributed by atoms with E-state index >= 15 is 0 Å². The predicted octanol–water partition coefficient (Wildman–Crippen LogP) is 2.66. The fourth-order valence-electron chi connectivity index (χ4n) is 2.30. The van der Waals surface area contributed by atoms with Crippen LogP contribution in [0.3, 0.4) is 0 Å². The summed E-state index contributed by atoms with van der Waals surface area (Å²) in [6.45, 7) is 9.36. The zero-order valence-corrected chi connectivity index (χ0v) is 12.8. The minimum Gasteiger partial charge on any atom is -0.458 e. The Hall–Kier alpha value is -1.06. The first-order valence-corrected chi connectivity index (χ1v) is 7.22. The number of hydrogen-bond acceptors (Lipinski definition) is 3. The van der Waals surface area contributed by atoms with Gasteiger partial charge in [0, 0.05) is 5.92 Å². The van der Waals surface area contributed by atoms with E-state index in [-0.39, 0.29) is 17.8 Å². The van der Waals surface area contributed by atoms with E-state index in [0.29, 0.717) is 5.92 Å². The van der Waals surface area contributed by atoms with Gasteiger partial charge >= 0.3 is 5.97 Å². The molecule has 1 amide bonds. The van der Waals surface area contributed by atoms with E-state index in [0.717, 1.165) is 25.7 Å². The highest BCUT2D eigenvalue weighted by atomic mass is 16.6. The van der Waals surface area contributed by atoms with Crippen LogP contribution >= 0.6 is 0 Å². The maximum absolute atomic E-state index is 12.1. The molecule has 1 rings (SSSR count). The predicted molar refractivity (Wildman–Crippen MR) is 74.6 cm³/mol. The van der Waals surface area contributed by atoms with E-state index < -0.39 is 11.6 Å². The number of nitrogens with one attached hydrogen (secondary N) is 1. The van der Waals surface area contributed by atoms with Gasteiger partial charge in [-0.1, -0.05) is 6.92 Å². The number of carbonyl (C=O) groups excluding carboxylic acids is 2. The van der Waals surface area contributed by atoms with Gasteiger partial charge in [-0.25, -0.2) is 4.79 Å². The van der Waals surface area contributed by atoms with Gasteiger partial charge in [-0.15, -0.1) is 0 Å². The molecule has 0 saturated heterocycles. The molecule has 0 heterocycles. The summed E-state index contributed by atoms with van der Waals surface area (Å²) in [6, 6.07) is -0.578. The fourth-order valence-corrected chi connectivity index (χ4v) is 2.30. The maximum Gasteiger partial charge on any atom is 0.328 e. The van der Waals surface area contributed by atoms with Crippen molar-refractivity contribution in [1.82, 2.24) is 5.32 Å². The average molecular weight is 269 g/mol. The molecule has 0 aromatic rings. The summed E-state index contributed by atoms with van der Waals surface area (Å²) in [5.74, 6) is 0.392. The molecule has 1 aliphatic carbocycles. The van der Waals surface area contributed by atoms with Crippen LogP contribution in [0.25, 0.3) is 0 Å². The number of hydrogen-bond donors (Lipinski definition) is 1. The molecule has 1 aliphatic rings. The third kappa shape index (κ3) is 5.62. The highest BCUT2D eigenvalue weighted by molar-refractivity contribution is 5.85. The quantitative estimate of drug-likeness (QED) is 0.801. The van der Waals surface area contributed by atoms with Gasteiger partial charge in [-0.2, -0.15) is 0 Å². The molecule has 19 heavy (non-hydrogen) atoms. The molecule has 0 aromatic carbocycles. The summed E-state index contributed by atoms with van der Waals surface area (Å²) < 4.78 is 5.25. The second-order valence-electron chi connectivity index (χ2n) is 6.72. The van der Waals surface area contributed by atoms with Crippen molar-refractivity contribution in [2.24, 2.45) is 11.8 Å². The van der Waals surface area contributed by atoms with Crippen LogP contribution in [0.15, 0.2) is 0 Å². The first-order chi connectivity index (χ1) is 8.69. The van der Waals surface area contributed by atoms with Crippen molar-refractivity contribution in [2.45, 2.75) is 71.9 Å². The van der Waals surface area contributed by atoms with Gasteiger partial charge in [-0.3, -0.25) is 4.79 Å². The Morgan fingerprint density at radius 2 is 1.68 bits per heavy atom. The summed E-state index contributed by atoms with van der Waals surface area (Å²) in [6.07, 6.45) is 4.04. The molecule has 1 N–H and O–H groups in total. The third-order valence-electron chi connectivity index (χ3n) is 3.51. The minimum absolute atomic E-state index is 0.00902. The van der Waals surface area contributed by atoms with E-state index in [1.165, 1.54) is 0 Å². The van der Waals surface area contributed by atoms with Crippen LogP contribution in [0.1, 0.15) is 60.3 Å². The number of rotatable bonds is 3. The zero-order valence-electron chi connectivity index (χ0n) is 12.8. The van der Waals surface area contributed by atoms with E-state index in [9.17, 15) is 9.59 Å². The zero-order chi connectivity index (χ0) is 14.6. The summed E-state index contributed by atoms with van der Waals surface area (Å²) in [5.41, 5.74) is -0.518. The number of carbonyl (C=O) groups is 2. The van der Waals surface area contributed by atoms with Crippen molar-refractivity contribution in [3.8, 4) is 0 Å². The summed E-state index contributed by atoms with van der Waals surface area (Å²) >= 11 is 0. The molecule has 4 nitrogen and oxygen atoms in total. The van der Waals surface area contributed by atoms with Crippen LogP contribution in [-0.2, 0) is 14.3 Å². The van der Waals surface area contributed by atoms with E-state index in [1.54, 1.807) is 6.92 Å². The molecule has 0 unspecified atom stereocenters. The van der Waals surface area contributed by atoms with Crippen molar-refractivity contribution in [3.63, 3.8) is 0 Å². The van der Waals surface area contributed by atoms with Crippen molar-refractivity contribution < 1.29 is 14.3 Å². The van der Waals surface area contributed by atoms with Gasteiger partial charge in [0.15, 0.2) is 0 Å². The maximum atomic E-state index is 12.1. The number of ether oxygens (including phenoxy) is 1. The van der Waals surface area contributed by atoms with E-state index in [2.05, 4.69) is 12.2 Å². The smallest absolute Gasteiger partial charge is 0.328 e. The second-order valence-corrected chi connectivity index (χ2v) is 6.72. The lowest BCUT2D eigenvalue weighted by Crippen LogP contribution is -2.45. The molecule has 0 spiro atoms. The molecule has 1 saturated carbocycles. The van der Waals surface area contributed by atoms with Crippen molar-refractivity contribution in [2.75, 3.05) is 0 Å². The molecular weight excluding hydrogens is 242 g/mol. The summed E-state index contributed by atoms with van der Waals surface area (Å²) in [5, 5.41) is 2.77. The summed E-state index contributed by atoms with van der Waals surface area (Å²) in [4.78, 5) is 23.9. The van der Waals surface area contributed by atoms with Gasteiger partial charge in [0.25, 0.3) is 0 Å². The van der Waals surface area contributed by atoms with Crippen LogP contribution in [0, 0.1) is 11.8 Å². The molecule has 110 valence electrons. The lowest BCUT2D eigenvalue weighted by molar-refractivity contribution is -0.158. The number of amides is 1. The fraction of sp³-hybridized carbons (Fsp3) is 0.867. The molecule has 0 aliphatic heterocycles. The first-order valence-electron chi connectivity index (χ1n) is 7.22. The lowest BCUT2D eigenvalue weighted by atomic mass is 9.82. The summed E-state index contributed by atoms with van der Waals surface area (Å²) in [7, 11) is 0. The van der Waals surface area contributed by atoms with Crippen LogP contribution in [0.5, 0.6) is 0 Å². The Balaban J connectivity index is 2.41. The van der Waals surface area contributed by atoms with Crippen molar-refractivity contribution >= 4 is 11.9 Å². The monoisotopic (exact) mass is 269 g/mol. The van der Waals surface area contributed by atoms with E-state index in [1.807, 2.05) is 20.8 Å². The Labute approximate surface area is 116 Å². The molecule has 1 atom stereocenters. The molecule has 0 bridgehead atoms. The van der Waals surface area contributed by atoms with Gasteiger partial charge in [0.05, 0.1) is 0 Å². The normalized spacial score (nSPS) is 25.5. The largest absolute Gasteiger partial charge is 0.458 e. The van der Waals surface area contributed by atoms with Crippen molar-refractivity contribution in [1.29, 1.82) is 0 Å². The Bertz CT molecular complexity index is 325. The van der Waals surface area contributed by atoms with Crippen LogP contribution in [-0.4, -0.2) is 23.5 Å². The Kier molecular flexibility index (Phi) is 5.39. The topological polar surface area (TPSA) is 55.4 Å². The molecule has 0 radical (unpaired) electrons.